The summed E-state index contributed by atoms with van der Waals surface area (Å²) in [5.41, 5.74) is 5.09. The summed E-state index contributed by atoms with van der Waals surface area (Å²) in [6.07, 6.45) is 2.86. The number of halogens is 2. The van der Waals surface area contributed by atoms with Gasteiger partial charge in [0, 0.05) is 55.9 Å². The van der Waals surface area contributed by atoms with Crippen molar-refractivity contribution in [3.05, 3.63) is 87.0 Å². The lowest BCUT2D eigenvalue weighted by atomic mass is 9.97. The summed E-state index contributed by atoms with van der Waals surface area (Å²) in [6, 6.07) is 14.6. The number of hydrogen-bond donors (Lipinski definition) is 2. The third-order valence-electron chi connectivity index (χ3n) is 7.63. The number of para-hydroxylation sites is 1. The van der Waals surface area contributed by atoms with Crippen molar-refractivity contribution in [1.29, 1.82) is 5.41 Å². The standard InChI is InChI=1S/C33H34Cl2N4O6/c1-42-11-8-37-18-24(17-36)23-14-27(34)30(28(35)15-23)32(40)39-19-22-4-3-5-25(31(22)45-20-39)21-6-7-26(33(41)43-2)29(16-21)38-9-12-44-13-10-38/h3-7,14-18,36-37H,8-13,19-20H2,1-2H3/b24-18+,36-17?. The summed E-state index contributed by atoms with van der Waals surface area (Å²) in [6.45, 7) is 3.80. The number of esters is 1. The Balaban J connectivity index is 1.40. The van der Waals surface area contributed by atoms with Crippen LogP contribution in [0, 0.1) is 5.41 Å². The summed E-state index contributed by atoms with van der Waals surface area (Å²) in [4.78, 5) is 29.9. The van der Waals surface area contributed by atoms with Crippen molar-refractivity contribution in [3.63, 3.8) is 0 Å². The molecule has 10 nitrogen and oxygen atoms in total. The van der Waals surface area contributed by atoms with Crippen molar-refractivity contribution in [2.24, 2.45) is 0 Å². The van der Waals surface area contributed by atoms with Gasteiger partial charge in [-0.05, 0) is 35.4 Å². The van der Waals surface area contributed by atoms with Gasteiger partial charge >= 0.3 is 5.97 Å². The Morgan fingerprint density at radius 2 is 1.82 bits per heavy atom. The number of hydrogen-bond acceptors (Lipinski definition) is 9. The molecule has 2 N–H and O–H groups in total. The molecule has 0 spiro atoms. The Bertz CT molecular complexity index is 1600. The van der Waals surface area contributed by atoms with Crippen LogP contribution < -0.4 is 15.0 Å². The normalized spacial score (nSPS) is 14.8. The van der Waals surface area contributed by atoms with Crippen molar-refractivity contribution in [1.82, 2.24) is 10.2 Å². The van der Waals surface area contributed by atoms with Crippen LogP contribution in [0.1, 0.15) is 31.8 Å². The third-order valence-corrected chi connectivity index (χ3v) is 8.22. The van der Waals surface area contributed by atoms with Crippen LogP contribution in [0.5, 0.6) is 5.75 Å². The molecule has 3 aromatic rings. The van der Waals surface area contributed by atoms with Crippen molar-refractivity contribution in [2.75, 3.05) is 65.3 Å². The molecule has 45 heavy (non-hydrogen) atoms. The van der Waals surface area contributed by atoms with Crippen LogP contribution in [0.3, 0.4) is 0 Å². The molecule has 2 aliphatic rings. The number of fused-ring (bicyclic) bond motifs is 1. The number of rotatable bonds is 10. The topological polar surface area (TPSA) is 113 Å². The van der Waals surface area contributed by atoms with Crippen LogP contribution in [0.15, 0.2) is 54.7 Å². The van der Waals surface area contributed by atoms with Crippen LogP contribution in [-0.4, -0.2) is 83.4 Å². The lowest BCUT2D eigenvalue weighted by Gasteiger charge is -2.32. The molecule has 5 rings (SSSR count). The summed E-state index contributed by atoms with van der Waals surface area (Å²) in [5, 5.41) is 11.2. The quantitative estimate of drug-likeness (QED) is 0.168. The first-order valence-corrected chi connectivity index (χ1v) is 15.1. The van der Waals surface area contributed by atoms with Crippen molar-refractivity contribution in [3.8, 4) is 16.9 Å². The molecular weight excluding hydrogens is 619 g/mol. The number of benzene rings is 3. The number of amides is 1. The highest BCUT2D eigenvalue weighted by Crippen LogP contribution is 2.40. The van der Waals surface area contributed by atoms with Gasteiger partial charge in [-0.25, -0.2) is 4.79 Å². The van der Waals surface area contributed by atoms with Crippen LogP contribution in [0.4, 0.5) is 5.69 Å². The number of carbonyl (C=O) groups is 2. The number of allylic oxidation sites excluding steroid dienone is 1. The van der Waals surface area contributed by atoms with E-state index in [2.05, 4.69) is 10.2 Å². The van der Waals surface area contributed by atoms with Crippen molar-refractivity contribution >= 4 is 52.6 Å². The Kier molecular flexibility index (Phi) is 10.6. The van der Waals surface area contributed by atoms with Crippen LogP contribution in [-0.2, 0) is 20.8 Å². The van der Waals surface area contributed by atoms with Crippen LogP contribution in [0.25, 0.3) is 16.7 Å². The maximum absolute atomic E-state index is 13.7. The highest BCUT2D eigenvalue weighted by molar-refractivity contribution is 6.40. The van der Waals surface area contributed by atoms with Crippen LogP contribution in [0.2, 0.25) is 10.0 Å². The highest BCUT2D eigenvalue weighted by atomic mass is 35.5. The van der Waals surface area contributed by atoms with E-state index in [-0.39, 0.29) is 34.8 Å². The van der Waals surface area contributed by atoms with Crippen molar-refractivity contribution in [2.45, 2.75) is 6.54 Å². The van der Waals surface area contributed by atoms with Gasteiger partial charge in [-0.3, -0.25) is 4.79 Å². The molecule has 0 unspecified atom stereocenters. The largest absolute Gasteiger partial charge is 0.472 e. The zero-order chi connectivity index (χ0) is 31.9. The molecule has 0 aromatic heterocycles. The van der Waals surface area contributed by atoms with Gasteiger partial charge in [0.15, 0.2) is 6.73 Å². The second kappa shape index (κ2) is 14.8. The van der Waals surface area contributed by atoms with Gasteiger partial charge in [0.2, 0.25) is 0 Å². The molecule has 236 valence electrons. The molecule has 1 saturated heterocycles. The van der Waals surface area contributed by atoms with Gasteiger partial charge in [0.25, 0.3) is 5.91 Å². The van der Waals surface area contributed by atoms with E-state index in [0.717, 1.165) is 22.4 Å². The molecule has 1 fully saturated rings. The Morgan fingerprint density at radius 1 is 1.07 bits per heavy atom. The molecule has 2 aliphatic heterocycles. The smallest absolute Gasteiger partial charge is 0.339 e. The average Bonchev–Trinajstić information content (AvgIpc) is 3.07. The fraction of sp³-hybridized carbons (Fsp3) is 0.303. The molecule has 0 saturated carbocycles. The van der Waals surface area contributed by atoms with E-state index >= 15 is 0 Å². The summed E-state index contributed by atoms with van der Waals surface area (Å²) in [5.74, 6) is -0.115. The number of ether oxygens (including phenoxy) is 4. The van der Waals surface area contributed by atoms with E-state index in [1.165, 1.54) is 18.2 Å². The number of methoxy groups -OCH3 is 2. The summed E-state index contributed by atoms with van der Waals surface area (Å²) in [7, 11) is 2.98. The van der Waals surface area contributed by atoms with E-state index in [1.54, 1.807) is 31.5 Å². The predicted molar refractivity (Wildman–Crippen MR) is 175 cm³/mol. The highest BCUT2D eigenvalue weighted by Gasteiger charge is 2.29. The molecule has 0 atom stereocenters. The Hall–Kier alpha value is -4.09. The minimum atomic E-state index is -0.405. The zero-order valence-corrected chi connectivity index (χ0v) is 26.5. The first kappa shape index (κ1) is 32.3. The number of anilines is 1. The first-order valence-electron chi connectivity index (χ1n) is 14.4. The van der Waals surface area contributed by atoms with Gasteiger partial charge in [-0.15, -0.1) is 0 Å². The van der Waals surface area contributed by atoms with E-state index in [0.29, 0.717) is 61.9 Å². The summed E-state index contributed by atoms with van der Waals surface area (Å²) < 4.78 is 21.8. The predicted octanol–water partition coefficient (Wildman–Crippen LogP) is 5.50. The SMILES string of the molecule is COCCN/C=C(\C=N)c1cc(Cl)c(C(=O)N2COc3c(cccc3-c3ccc(C(=O)OC)c(N4CCOCC4)c3)C2)c(Cl)c1. The molecule has 3 aromatic carbocycles. The van der Waals surface area contributed by atoms with E-state index < -0.39 is 5.97 Å². The van der Waals surface area contributed by atoms with Gasteiger partial charge in [0.05, 0.1) is 60.3 Å². The Labute approximate surface area is 271 Å². The molecular formula is C33H34Cl2N4O6. The molecule has 0 radical (unpaired) electrons. The molecule has 0 aliphatic carbocycles. The minimum Gasteiger partial charge on any atom is -0.472 e. The maximum Gasteiger partial charge on any atom is 0.339 e. The van der Waals surface area contributed by atoms with E-state index in [9.17, 15) is 9.59 Å². The zero-order valence-electron chi connectivity index (χ0n) is 25.0. The van der Waals surface area contributed by atoms with E-state index in [1.807, 2.05) is 30.3 Å². The van der Waals surface area contributed by atoms with Gasteiger partial charge in [-0.2, -0.15) is 0 Å². The molecule has 2 heterocycles. The fourth-order valence-electron chi connectivity index (χ4n) is 5.33. The van der Waals surface area contributed by atoms with Gasteiger partial charge in [-0.1, -0.05) is 47.5 Å². The first-order chi connectivity index (χ1) is 21.9. The monoisotopic (exact) mass is 652 g/mol. The fourth-order valence-corrected chi connectivity index (χ4v) is 5.98. The minimum absolute atomic E-state index is 0.0110. The second-order valence-electron chi connectivity index (χ2n) is 10.4. The maximum atomic E-state index is 13.7. The van der Waals surface area contributed by atoms with E-state index in [4.69, 9.17) is 47.6 Å². The van der Waals surface area contributed by atoms with Crippen molar-refractivity contribution < 1.29 is 28.5 Å². The second-order valence-corrected chi connectivity index (χ2v) is 11.2. The van der Waals surface area contributed by atoms with Gasteiger partial charge < -0.3 is 39.5 Å². The number of morpholine rings is 1. The number of nitrogens with one attached hydrogen (secondary N) is 2. The summed E-state index contributed by atoms with van der Waals surface area (Å²) >= 11 is 13.2. The molecule has 0 bridgehead atoms. The molecule has 1 amide bonds. The lowest BCUT2D eigenvalue weighted by molar-refractivity contribution is 0.0515. The van der Waals surface area contributed by atoms with Crippen LogP contribution >= 0.6 is 23.2 Å². The molecule has 12 heteroatoms. The Morgan fingerprint density at radius 3 is 2.51 bits per heavy atom. The number of carbonyl (C=O) groups excluding carboxylic acids is 2. The number of nitrogens with zero attached hydrogens (tertiary/aromatic N) is 2. The lowest BCUT2D eigenvalue weighted by Crippen LogP contribution is -2.37. The van der Waals surface area contributed by atoms with Gasteiger partial charge in [0.1, 0.15) is 5.75 Å². The third kappa shape index (κ3) is 7.10. The average molecular weight is 654 g/mol.